The Bertz CT molecular complexity index is 676. The zero-order valence-corrected chi connectivity index (χ0v) is 11.2. The average Bonchev–Trinajstić information content (AvgIpc) is 2.56. The summed E-state index contributed by atoms with van der Waals surface area (Å²) < 4.78 is 0. The minimum absolute atomic E-state index is 0.0758. The van der Waals surface area contributed by atoms with Gasteiger partial charge in [0, 0.05) is 10.8 Å². The Balaban J connectivity index is 1.97. The maximum atomic E-state index is 8.65. The SMILES string of the molecule is [N-]=[N+]=NN1NC(c2ccccc2)=CC(c2ccccc2)N1. The number of nitrogens with zero attached hydrogens (tertiary/aromatic N) is 4. The van der Waals surface area contributed by atoms with Gasteiger partial charge in [-0.3, -0.25) is 0 Å². The molecular formula is C15H14N6. The van der Waals surface area contributed by atoms with Crippen molar-refractivity contribution in [1.29, 1.82) is 0 Å². The van der Waals surface area contributed by atoms with E-state index >= 15 is 0 Å². The van der Waals surface area contributed by atoms with Gasteiger partial charge in [0.1, 0.15) is 0 Å². The third-order valence-corrected chi connectivity index (χ3v) is 3.19. The first-order valence-electron chi connectivity index (χ1n) is 6.57. The lowest BCUT2D eigenvalue weighted by Crippen LogP contribution is -2.47. The minimum Gasteiger partial charge on any atom is -0.207 e. The molecule has 0 fully saturated rings. The monoisotopic (exact) mass is 278 g/mol. The molecule has 1 aliphatic rings. The molecule has 0 aromatic heterocycles. The quantitative estimate of drug-likeness (QED) is 0.513. The van der Waals surface area contributed by atoms with Crippen LogP contribution in [0.4, 0.5) is 0 Å². The first-order valence-corrected chi connectivity index (χ1v) is 6.57. The number of nitrogens with one attached hydrogen (secondary N) is 2. The summed E-state index contributed by atoms with van der Waals surface area (Å²) in [5, 5.41) is 4.88. The molecule has 0 radical (unpaired) electrons. The Labute approximate surface area is 122 Å². The second-order valence-electron chi connectivity index (χ2n) is 4.57. The van der Waals surface area contributed by atoms with Crippen LogP contribution in [0.25, 0.3) is 16.1 Å². The van der Waals surface area contributed by atoms with Crippen molar-refractivity contribution in [2.75, 3.05) is 0 Å². The lowest BCUT2D eigenvalue weighted by Gasteiger charge is -2.27. The molecule has 2 N–H and O–H groups in total. The van der Waals surface area contributed by atoms with Crippen molar-refractivity contribution in [3.63, 3.8) is 0 Å². The number of benzene rings is 2. The Hall–Kier alpha value is -2.95. The van der Waals surface area contributed by atoms with Crippen molar-refractivity contribution < 1.29 is 0 Å². The third-order valence-electron chi connectivity index (χ3n) is 3.19. The lowest BCUT2D eigenvalue weighted by molar-refractivity contribution is 0.122. The molecule has 0 saturated heterocycles. The van der Waals surface area contributed by atoms with Crippen LogP contribution in [0.3, 0.4) is 0 Å². The van der Waals surface area contributed by atoms with Crippen LogP contribution in [-0.4, -0.2) is 5.23 Å². The van der Waals surface area contributed by atoms with Crippen molar-refractivity contribution in [3.05, 3.63) is 88.3 Å². The molecule has 1 atom stereocenters. The zero-order chi connectivity index (χ0) is 14.5. The molecule has 0 bridgehead atoms. The second kappa shape index (κ2) is 6.00. The smallest absolute Gasteiger partial charge is 0.0938 e. The van der Waals surface area contributed by atoms with Crippen LogP contribution in [0, 0.1) is 0 Å². The number of hydrogen-bond acceptors (Lipinski definition) is 3. The highest BCUT2D eigenvalue weighted by Gasteiger charge is 2.23. The van der Waals surface area contributed by atoms with Gasteiger partial charge in [-0.1, -0.05) is 65.9 Å². The van der Waals surface area contributed by atoms with E-state index in [0.717, 1.165) is 16.8 Å². The van der Waals surface area contributed by atoms with E-state index in [9.17, 15) is 0 Å². The standard InChI is InChI=1S/C15H14N6/c16-19-20-21-17-14(12-7-3-1-4-8-12)11-15(18-21)13-9-5-2-6-10-13/h1-11,14,17-18H. The van der Waals surface area contributed by atoms with E-state index in [1.54, 1.807) is 0 Å². The van der Waals surface area contributed by atoms with Crippen molar-refractivity contribution in [1.82, 2.24) is 16.1 Å². The van der Waals surface area contributed by atoms with Crippen LogP contribution >= 0.6 is 0 Å². The molecule has 1 heterocycles. The van der Waals surface area contributed by atoms with Crippen molar-refractivity contribution in [3.8, 4) is 0 Å². The average molecular weight is 278 g/mol. The van der Waals surface area contributed by atoms with Crippen LogP contribution < -0.4 is 10.9 Å². The van der Waals surface area contributed by atoms with E-state index < -0.39 is 0 Å². The summed E-state index contributed by atoms with van der Waals surface area (Å²) in [6.45, 7) is 0. The molecule has 1 unspecified atom stereocenters. The molecule has 1 aliphatic heterocycles. The van der Waals surface area contributed by atoms with Crippen molar-refractivity contribution >= 4 is 5.70 Å². The summed E-state index contributed by atoms with van der Waals surface area (Å²) in [5.41, 5.74) is 17.8. The fourth-order valence-corrected chi connectivity index (χ4v) is 2.22. The Morgan fingerprint density at radius 3 is 2.33 bits per heavy atom. The van der Waals surface area contributed by atoms with Crippen LogP contribution in [0.2, 0.25) is 0 Å². The molecule has 0 spiro atoms. The first-order chi connectivity index (χ1) is 10.4. The summed E-state index contributed by atoms with van der Waals surface area (Å²) in [6, 6.07) is 19.8. The van der Waals surface area contributed by atoms with Gasteiger partial charge >= 0.3 is 0 Å². The number of azide groups is 1. The van der Waals surface area contributed by atoms with Crippen molar-refractivity contribution in [2.24, 2.45) is 5.22 Å². The van der Waals surface area contributed by atoms with E-state index in [2.05, 4.69) is 27.1 Å². The van der Waals surface area contributed by atoms with Gasteiger partial charge in [-0.05, 0) is 11.6 Å². The summed E-state index contributed by atoms with van der Waals surface area (Å²) in [7, 11) is 0. The highest BCUT2D eigenvalue weighted by Crippen LogP contribution is 2.23. The second-order valence-corrected chi connectivity index (χ2v) is 4.57. The molecule has 6 nitrogen and oxygen atoms in total. The number of rotatable bonds is 3. The van der Waals surface area contributed by atoms with Gasteiger partial charge in [0.15, 0.2) is 0 Å². The third kappa shape index (κ3) is 2.97. The maximum Gasteiger partial charge on any atom is 0.0938 e. The molecule has 2 aromatic rings. The van der Waals surface area contributed by atoms with Crippen molar-refractivity contribution in [2.45, 2.75) is 6.04 Å². The van der Waals surface area contributed by atoms with Gasteiger partial charge in [0.05, 0.1) is 11.7 Å². The largest absolute Gasteiger partial charge is 0.207 e. The number of hydrazine groups is 2. The highest BCUT2D eigenvalue weighted by atomic mass is 15.9. The lowest BCUT2D eigenvalue weighted by atomic mass is 10.0. The fourth-order valence-electron chi connectivity index (χ4n) is 2.22. The molecule has 0 aliphatic carbocycles. The van der Waals surface area contributed by atoms with Gasteiger partial charge in [0.2, 0.25) is 0 Å². The molecule has 0 saturated carbocycles. The van der Waals surface area contributed by atoms with E-state index in [-0.39, 0.29) is 6.04 Å². The van der Waals surface area contributed by atoms with Gasteiger partial charge in [0.25, 0.3) is 0 Å². The van der Waals surface area contributed by atoms with Crippen LogP contribution in [0.5, 0.6) is 0 Å². The molecule has 3 rings (SSSR count). The van der Waals surface area contributed by atoms with Crippen LogP contribution in [0.1, 0.15) is 17.2 Å². The normalized spacial score (nSPS) is 17.4. The highest BCUT2D eigenvalue weighted by molar-refractivity contribution is 5.65. The van der Waals surface area contributed by atoms with Gasteiger partial charge in [-0.2, -0.15) is 4.91 Å². The van der Waals surface area contributed by atoms with Gasteiger partial charge in [-0.25, -0.2) is 5.43 Å². The van der Waals surface area contributed by atoms with E-state index in [0.29, 0.717) is 0 Å². The Morgan fingerprint density at radius 2 is 1.67 bits per heavy atom. The minimum atomic E-state index is -0.0758. The molecule has 2 aromatic carbocycles. The topological polar surface area (TPSA) is 76.1 Å². The fraction of sp³-hybridized carbons (Fsp3) is 0.0667. The van der Waals surface area contributed by atoms with E-state index in [1.807, 2.05) is 60.7 Å². The van der Waals surface area contributed by atoms with Gasteiger partial charge < -0.3 is 0 Å². The van der Waals surface area contributed by atoms with Gasteiger partial charge in [-0.15, -0.1) is 11.0 Å². The Kier molecular flexibility index (Phi) is 3.73. The molecule has 21 heavy (non-hydrogen) atoms. The van der Waals surface area contributed by atoms with Crippen LogP contribution in [0.15, 0.2) is 72.0 Å². The summed E-state index contributed by atoms with van der Waals surface area (Å²) in [4.78, 5) is 2.81. The predicted molar refractivity (Wildman–Crippen MR) is 80.9 cm³/mol. The number of hydrogen-bond donors (Lipinski definition) is 2. The molecule has 104 valence electrons. The molecule has 6 heteroatoms. The maximum absolute atomic E-state index is 8.65. The molecular weight excluding hydrogens is 264 g/mol. The predicted octanol–water partition coefficient (Wildman–Crippen LogP) is 3.32. The summed E-state index contributed by atoms with van der Waals surface area (Å²) >= 11 is 0. The van der Waals surface area contributed by atoms with E-state index in [1.165, 1.54) is 5.23 Å². The first kappa shape index (κ1) is 13.1. The summed E-state index contributed by atoms with van der Waals surface area (Å²) in [5.74, 6) is 0. The summed E-state index contributed by atoms with van der Waals surface area (Å²) in [6.07, 6.45) is 2.06. The van der Waals surface area contributed by atoms with E-state index in [4.69, 9.17) is 5.53 Å². The molecule has 0 amide bonds. The Morgan fingerprint density at radius 1 is 1.00 bits per heavy atom. The zero-order valence-electron chi connectivity index (χ0n) is 11.2. The van der Waals surface area contributed by atoms with Crippen LogP contribution in [-0.2, 0) is 0 Å².